The monoisotopic (exact) mass is 448 g/mol. The summed E-state index contributed by atoms with van der Waals surface area (Å²) in [5.74, 6) is -0.783. The van der Waals surface area contributed by atoms with Gasteiger partial charge in [-0.1, -0.05) is 6.07 Å². The number of hydrogen-bond acceptors (Lipinski definition) is 8. The normalized spacial score (nSPS) is 11.9. The van der Waals surface area contributed by atoms with Gasteiger partial charge < -0.3 is 11.1 Å². The van der Waals surface area contributed by atoms with Gasteiger partial charge in [0.2, 0.25) is 0 Å². The van der Waals surface area contributed by atoms with Crippen molar-refractivity contribution in [3.8, 4) is 11.8 Å². The lowest BCUT2D eigenvalue weighted by Crippen LogP contribution is -2.29. The Morgan fingerprint density at radius 3 is 2.64 bits per heavy atom. The van der Waals surface area contributed by atoms with Crippen molar-refractivity contribution in [1.82, 2.24) is 24.5 Å². The molecule has 0 bridgehead atoms. The number of fused-ring (bicyclic) bond motifs is 1. The van der Waals surface area contributed by atoms with Crippen LogP contribution in [0.25, 0.3) is 16.6 Å². The molecule has 0 fully saturated rings. The Morgan fingerprint density at radius 1 is 1.15 bits per heavy atom. The molecule has 3 heterocycles. The Morgan fingerprint density at radius 2 is 1.91 bits per heavy atom. The second-order valence-corrected chi connectivity index (χ2v) is 7.37. The van der Waals surface area contributed by atoms with Crippen LogP contribution in [-0.2, 0) is 0 Å². The number of nitrogens with two attached hydrogens (primary N) is 1. The Balaban J connectivity index is 1.99. The third kappa shape index (κ3) is 3.71. The van der Waals surface area contributed by atoms with Gasteiger partial charge in [-0.2, -0.15) is 5.26 Å². The highest BCUT2D eigenvalue weighted by Crippen LogP contribution is 2.26. The van der Waals surface area contributed by atoms with Gasteiger partial charge in [-0.3, -0.25) is 14.3 Å². The smallest absolute Gasteiger partial charge is 0.269 e. The molecule has 0 spiro atoms. The number of nitrogen functional groups attached to an aromatic ring is 1. The van der Waals surface area contributed by atoms with Crippen LogP contribution in [0, 0.1) is 36.8 Å². The van der Waals surface area contributed by atoms with Gasteiger partial charge in [-0.15, -0.1) is 0 Å². The highest BCUT2D eigenvalue weighted by molar-refractivity contribution is 5.79. The standard InChI is InChI=1S/C22H18F2N8O/c1-10-15(24)8-27-9-17(10)32-21(31-16-6-4-5-14(23)18(16)22(32)33)11(2)28-20-13(7-25)19(26)29-12(3)30-20/h4-6,8-9,11H,1-3H3,(H3,26,28,29,30)/t11-/m0/s1. The highest BCUT2D eigenvalue weighted by atomic mass is 19.1. The summed E-state index contributed by atoms with van der Waals surface area (Å²) in [5.41, 5.74) is 5.52. The molecule has 0 aliphatic rings. The van der Waals surface area contributed by atoms with Crippen molar-refractivity contribution in [3.63, 3.8) is 0 Å². The largest absolute Gasteiger partial charge is 0.382 e. The van der Waals surface area contributed by atoms with E-state index in [9.17, 15) is 18.8 Å². The molecule has 3 N–H and O–H groups in total. The maximum atomic E-state index is 14.6. The second kappa shape index (κ2) is 8.23. The zero-order chi connectivity index (χ0) is 23.9. The molecular weight excluding hydrogens is 430 g/mol. The van der Waals surface area contributed by atoms with E-state index >= 15 is 0 Å². The third-order valence-electron chi connectivity index (χ3n) is 5.14. The summed E-state index contributed by atoms with van der Waals surface area (Å²) < 4.78 is 30.0. The first kappa shape index (κ1) is 21.8. The highest BCUT2D eigenvalue weighted by Gasteiger charge is 2.23. The van der Waals surface area contributed by atoms with E-state index in [4.69, 9.17) is 5.73 Å². The quantitative estimate of drug-likeness (QED) is 0.486. The molecule has 0 radical (unpaired) electrons. The van der Waals surface area contributed by atoms with Crippen LogP contribution in [0.2, 0.25) is 0 Å². The molecule has 4 rings (SSSR count). The number of anilines is 2. The lowest BCUT2D eigenvalue weighted by Gasteiger charge is -2.21. The van der Waals surface area contributed by atoms with Crippen LogP contribution in [0.15, 0.2) is 35.4 Å². The molecule has 1 aromatic carbocycles. The number of nitrogens with one attached hydrogen (secondary N) is 1. The van der Waals surface area contributed by atoms with Crippen molar-refractivity contribution in [1.29, 1.82) is 5.26 Å². The van der Waals surface area contributed by atoms with Gasteiger partial charge in [-0.25, -0.2) is 23.7 Å². The van der Waals surface area contributed by atoms with Crippen molar-refractivity contribution >= 4 is 22.5 Å². The molecule has 1 atom stereocenters. The van der Waals surface area contributed by atoms with Crippen LogP contribution in [0.1, 0.15) is 35.7 Å². The van der Waals surface area contributed by atoms with Crippen molar-refractivity contribution in [2.24, 2.45) is 0 Å². The fraction of sp³-hybridized carbons (Fsp3) is 0.182. The summed E-state index contributed by atoms with van der Waals surface area (Å²) in [7, 11) is 0. The summed E-state index contributed by atoms with van der Waals surface area (Å²) in [6, 6.07) is 5.30. The SMILES string of the molecule is Cc1nc(N)c(C#N)c(N[C@@H](C)c2nc3cccc(F)c3c(=O)n2-c2cncc(F)c2C)n1. The lowest BCUT2D eigenvalue weighted by molar-refractivity contribution is 0.606. The predicted octanol–water partition coefficient (Wildman–Crippen LogP) is 3.09. The number of nitrogens with zero attached hydrogens (tertiary/aromatic N) is 6. The second-order valence-electron chi connectivity index (χ2n) is 7.37. The molecule has 0 saturated carbocycles. The Hall–Kier alpha value is -4.46. The number of halogens is 2. The number of pyridine rings is 1. The van der Waals surface area contributed by atoms with Crippen LogP contribution < -0.4 is 16.6 Å². The minimum Gasteiger partial charge on any atom is -0.382 e. The van der Waals surface area contributed by atoms with Crippen LogP contribution in [0.3, 0.4) is 0 Å². The summed E-state index contributed by atoms with van der Waals surface area (Å²) in [5, 5.41) is 12.3. The fourth-order valence-corrected chi connectivity index (χ4v) is 3.52. The Kier molecular flexibility index (Phi) is 5.43. The molecule has 4 aromatic rings. The van der Waals surface area contributed by atoms with E-state index in [-0.39, 0.29) is 45.2 Å². The first-order chi connectivity index (χ1) is 15.7. The molecule has 0 unspecified atom stereocenters. The fourth-order valence-electron chi connectivity index (χ4n) is 3.52. The van der Waals surface area contributed by atoms with E-state index in [1.807, 2.05) is 6.07 Å². The minimum absolute atomic E-state index is 0.00388. The summed E-state index contributed by atoms with van der Waals surface area (Å²) >= 11 is 0. The number of aryl methyl sites for hydroxylation is 1. The molecular formula is C22H18F2N8O. The van der Waals surface area contributed by atoms with Gasteiger partial charge in [0.05, 0.1) is 29.6 Å². The van der Waals surface area contributed by atoms with E-state index in [1.165, 1.54) is 25.3 Å². The first-order valence-corrected chi connectivity index (χ1v) is 9.85. The summed E-state index contributed by atoms with van der Waals surface area (Å²) in [6.07, 6.45) is 2.32. The van der Waals surface area contributed by atoms with E-state index in [1.54, 1.807) is 13.8 Å². The number of aromatic nitrogens is 5. The van der Waals surface area contributed by atoms with E-state index < -0.39 is 23.2 Å². The third-order valence-corrected chi connectivity index (χ3v) is 5.14. The molecule has 3 aromatic heterocycles. The molecule has 11 heteroatoms. The van der Waals surface area contributed by atoms with E-state index in [0.717, 1.165) is 16.8 Å². The van der Waals surface area contributed by atoms with Gasteiger partial charge in [0, 0.05) is 5.56 Å². The summed E-state index contributed by atoms with van der Waals surface area (Å²) in [6.45, 7) is 4.76. The number of nitriles is 1. The van der Waals surface area contributed by atoms with Gasteiger partial charge in [0.15, 0.2) is 5.82 Å². The number of rotatable bonds is 4. The van der Waals surface area contributed by atoms with Crippen molar-refractivity contribution < 1.29 is 8.78 Å². The first-order valence-electron chi connectivity index (χ1n) is 9.85. The molecule has 0 aliphatic carbocycles. The zero-order valence-corrected chi connectivity index (χ0v) is 17.9. The van der Waals surface area contributed by atoms with E-state index in [2.05, 4.69) is 25.3 Å². The number of benzene rings is 1. The van der Waals surface area contributed by atoms with Crippen LogP contribution >= 0.6 is 0 Å². The Labute approximate surface area is 186 Å². The van der Waals surface area contributed by atoms with Gasteiger partial charge >= 0.3 is 0 Å². The average Bonchev–Trinajstić information content (AvgIpc) is 2.75. The molecule has 166 valence electrons. The van der Waals surface area contributed by atoms with Crippen LogP contribution in [0.5, 0.6) is 0 Å². The number of hydrogen-bond donors (Lipinski definition) is 2. The van der Waals surface area contributed by atoms with E-state index in [0.29, 0.717) is 5.82 Å². The van der Waals surface area contributed by atoms with Gasteiger partial charge in [-0.05, 0) is 32.9 Å². The lowest BCUT2D eigenvalue weighted by atomic mass is 10.1. The summed E-state index contributed by atoms with van der Waals surface area (Å²) in [4.78, 5) is 30.0. The van der Waals surface area contributed by atoms with Crippen molar-refractivity contribution in [2.75, 3.05) is 11.1 Å². The zero-order valence-electron chi connectivity index (χ0n) is 17.9. The van der Waals surface area contributed by atoms with Crippen LogP contribution in [-0.4, -0.2) is 24.5 Å². The average molecular weight is 448 g/mol. The van der Waals surface area contributed by atoms with Gasteiger partial charge in [0.25, 0.3) is 5.56 Å². The predicted molar refractivity (Wildman–Crippen MR) is 118 cm³/mol. The Bertz CT molecular complexity index is 1510. The van der Waals surface area contributed by atoms with Gasteiger partial charge in [0.1, 0.15) is 46.1 Å². The molecule has 0 amide bonds. The maximum absolute atomic E-state index is 14.6. The molecule has 0 saturated heterocycles. The minimum atomic E-state index is -0.751. The molecule has 33 heavy (non-hydrogen) atoms. The van der Waals surface area contributed by atoms with Crippen molar-refractivity contribution in [2.45, 2.75) is 26.8 Å². The maximum Gasteiger partial charge on any atom is 0.269 e. The molecule has 9 nitrogen and oxygen atoms in total. The topological polar surface area (TPSA) is 135 Å². The van der Waals surface area contributed by atoms with Crippen LogP contribution in [0.4, 0.5) is 20.4 Å². The molecule has 0 aliphatic heterocycles. The van der Waals surface area contributed by atoms with Crippen molar-refractivity contribution in [3.05, 3.63) is 75.4 Å².